The summed E-state index contributed by atoms with van der Waals surface area (Å²) in [5.41, 5.74) is 0.340. The SMILES string of the molecule is O=C(O)C1CCN(c2ccc(F)cc2)C1c1ccc(C(F)(F)F)cc1. The van der Waals surface area contributed by atoms with Crippen LogP contribution in [0.2, 0.25) is 0 Å². The number of halogens is 4. The van der Waals surface area contributed by atoms with Gasteiger partial charge in [-0.05, 0) is 48.4 Å². The van der Waals surface area contributed by atoms with Gasteiger partial charge in [0.2, 0.25) is 0 Å². The first kappa shape index (κ1) is 17.3. The molecule has 1 aliphatic rings. The lowest BCUT2D eigenvalue weighted by atomic mass is 9.93. The molecule has 0 amide bonds. The molecule has 25 heavy (non-hydrogen) atoms. The third-order valence-corrected chi connectivity index (χ3v) is 4.45. The van der Waals surface area contributed by atoms with Gasteiger partial charge in [0.25, 0.3) is 0 Å². The molecule has 0 radical (unpaired) electrons. The van der Waals surface area contributed by atoms with Crippen LogP contribution in [0.3, 0.4) is 0 Å². The number of aliphatic carboxylic acids is 1. The van der Waals surface area contributed by atoms with Gasteiger partial charge in [-0.15, -0.1) is 0 Å². The predicted octanol–water partition coefficient (Wildman–Crippen LogP) is 4.50. The average Bonchev–Trinajstić information content (AvgIpc) is 3.00. The van der Waals surface area contributed by atoms with E-state index in [4.69, 9.17) is 0 Å². The maximum Gasteiger partial charge on any atom is 0.416 e. The first-order chi connectivity index (χ1) is 11.8. The molecule has 1 saturated heterocycles. The zero-order valence-electron chi connectivity index (χ0n) is 13.0. The molecule has 1 heterocycles. The molecule has 2 atom stereocenters. The third-order valence-electron chi connectivity index (χ3n) is 4.45. The Kier molecular flexibility index (Phi) is 4.41. The van der Waals surface area contributed by atoms with Crippen molar-refractivity contribution in [3.05, 3.63) is 65.5 Å². The van der Waals surface area contributed by atoms with E-state index in [0.29, 0.717) is 24.2 Å². The highest BCUT2D eigenvalue weighted by atomic mass is 19.4. The molecular formula is C18H15F4NO2. The van der Waals surface area contributed by atoms with Crippen molar-refractivity contribution in [2.24, 2.45) is 5.92 Å². The molecule has 7 heteroatoms. The van der Waals surface area contributed by atoms with Gasteiger partial charge in [0, 0.05) is 12.2 Å². The van der Waals surface area contributed by atoms with Gasteiger partial charge in [-0.3, -0.25) is 4.79 Å². The highest BCUT2D eigenvalue weighted by Crippen LogP contribution is 2.41. The largest absolute Gasteiger partial charge is 0.481 e. The van der Waals surface area contributed by atoms with Crippen LogP contribution in [0.15, 0.2) is 48.5 Å². The van der Waals surface area contributed by atoms with Crippen molar-refractivity contribution in [3.63, 3.8) is 0 Å². The zero-order chi connectivity index (χ0) is 18.2. The number of hydrogen-bond acceptors (Lipinski definition) is 2. The molecular weight excluding hydrogens is 338 g/mol. The summed E-state index contributed by atoms with van der Waals surface area (Å²) in [6, 6.07) is 9.54. The molecule has 132 valence electrons. The van der Waals surface area contributed by atoms with Crippen molar-refractivity contribution >= 4 is 11.7 Å². The standard InChI is InChI=1S/C18H15F4NO2/c19-13-5-7-14(8-6-13)23-10-9-15(17(24)25)16(23)11-1-3-12(4-2-11)18(20,21)22/h1-8,15-16H,9-10H2,(H,24,25). The maximum absolute atomic E-state index is 13.1. The third kappa shape index (κ3) is 3.45. The van der Waals surface area contributed by atoms with E-state index in [1.54, 1.807) is 4.90 Å². The lowest BCUT2D eigenvalue weighted by molar-refractivity contribution is -0.142. The first-order valence-electron chi connectivity index (χ1n) is 7.69. The van der Waals surface area contributed by atoms with Crippen molar-refractivity contribution < 1.29 is 27.5 Å². The molecule has 0 aromatic heterocycles. The van der Waals surface area contributed by atoms with Gasteiger partial charge in [-0.1, -0.05) is 12.1 Å². The predicted molar refractivity (Wildman–Crippen MR) is 83.7 cm³/mol. The van der Waals surface area contributed by atoms with E-state index in [2.05, 4.69) is 0 Å². The van der Waals surface area contributed by atoms with Crippen LogP contribution in [0.1, 0.15) is 23.6 Å². The van der Waals surface area contributed by atoms with Crippen LogP contribution in [0, 0.1) is 11.7 Å². The molecule has 0 spiro atoms. The molecule has 3 rings (SSSR count). The second-order valence-electron chi connectivity index (χ2n) is 5.97. The van der Waals surface area contributed by atoms with Crippen LogP contribution in [0.5, 0.6) is 0 Å². The smallest absolute Gasteiger partial charge is 0.416 e. The number of carboxylic acid groups (broad SMARTS) is 1. The summed E-state index contributed by atoms with van der Waals surface area (Å²) in [5.74, 6) is -2.17. The Morgan fingerprint density at radius 1 is 1.04 bits per heavy atom. The molecule has 2 aromatic rings. The van der Waals surface area contributed by atoms with Crippen molar-refractivity contribution in [1.29, 1.82) is 0 Å². The molecule has 0 bridgehead atoms. The minimum Gasteiger partial charge on any atom is -0.481 e. The number of rotatable bonds is 3. The zero-order valence-corrected chi connectivity index (χ0v) is 13.0. The van der Waals surface area contributed by atoms with Crippen LogP contribution in [-0.2, 0) is 11.0 Å². The Balaban J connectivity index is 1.97. The Bertz CT molecular complexity index is 756. The van der Waals surface area contributed by atoms with E-state index < -0.39 is 35.5 Å². The topological polar surface area (TPSA) is 40.5 Å². The lowest BCUT2D eigenvalue weighted by Crippen LogP contribution is -2.28. The van der Waals surface area contributed by atoms with E-state index in [-0.39, 0.29) is 0 Å². The van der Waals surface area contributed by atoms with E-state index in [1.807, 2.05) is 0 Å². The molecule has 2 aromatic carbocycles. The van der Waals surface area contributed by atoms with Crippen LogP contribution >= 0.6 is 0 Å². The summed E-state index contributed by atoms with van der Waals surface area (Å²) < 4.78 is 51.4. The summed E-state index contributed by atoms with van der Waals surface area (Å²) in [6.07, 6.45) is -4.09. The van der Waals surface area contributed by atoms with Crippen molar-refractivity contribution in [2.45, 2.75) is 18.6 Å². The van der Waals surface area contributed by atoms with Gasteiger partial charge < -0.3 is 10.0 Å². The van der Waals surface area contributed by atoms with Crippen LogP contribution < -0.4 is 4.90 Å². The molecule has 2 unspecified atom stereocenters. The second kappa shape index (κ2) is 6.38. The first-order valence-corrected chi connectivity index (χ1v) is 7.69. The Hall–Kier alpha value is -2.57. The minimum atomic E-state index is -4.45. The molecule has 3 nitrogen and oxygen atoms in total. The monoisotopic (exact) mass is 353 g/mol. The van der Waals surface area contributed by atoms with Crippen molar-refractivity contribution in [3.8, 4) is 0 Å². The summed E-state index contributed by atoms with van der Waals surface area (Å²) in [4.78, 5) is 13.4. The number of carboxylic acids is 1. The fourth-order valence-corrected chi connectivity index (χ4v) is 3.25. The van der Waals surface area contributed by atoms with Crippen LogP contribution in [-0.4, -0.2) is 17.6 Å². The molecule has 0 aliphatic carbocycles. The Labute approximate surface area is 141 Å². The van der Waals surface area contributed by atoms with E-state index >= 15 is 0 Å². The number of carbonyl (C=O) groups is 1. The number of benzene rings is 2. The number of hydrogen-bond donors (Lipinski definition) is 1. The number of anilines is 1. The lowest BCUT2D eigenvalue weighted by Gasteiger charge is -2.29. The van der Waals surface area contributed by atoms with Gasteiger partial charge >= 0.3 is 12.1 Å². The molecule has 1 fully saturated rings. The van der Waals surface area contributed by atoms with Crippen molar-refractivity contribution in [2.75, 3.05) is 11.4 Å². The summed E-state index contributed by atoms with van der Waals surface area (Å²) in [6.45, 7) is 0.425. The second-order valence-corrected chi connectivity index (χ2v) is 5.97. The fourth-order valence-electron chi connectivity index (χ4n) is 3.25. The van der Waals surface area contributed by atoms with Gasteiger partial charge in [-0.25, -0.2) is 4.39 Å². The summed E-state index contributed by atoms with van der Waals surface area (Å²) in [5, 5.41) is 9.47. The summed E-state index contributed by atoms with van der Waals surface area (Å²) >= 11 is 0. The maximum atomic E-state index is 13.1. The highest BCUT2D eigenvalue weighted by molar-refractivity contribution is 5.74. The Morgan fingerprint density at radius 3 is 2.16 bits per heavy atom. The quantitative estimate of drug-likeness (QED) is 0.826. The van der Waals surface area contributed by atoms with Crippen LogP contribution in [0.4, 0.5) is 23.2 Å². The number of alkyl halides is 3. The Morgan fingerprint density at radius 2 is 1.64 bits per heavy atom. The molecule has 1 N–H and O–H groups in total. The van der Waals surface area contributed by atoms with E-state index in [0.717, 1.165) is 12.1 Å². The molecule has 1 aliphatic heterocycles. The highest BCUT2D eigenvalue weighted by Gasteiger charge is 2.40. The van der Waals surface area contributed by atoms with Crippen molar-refractivity contribution in [1.82, 2.24) is 0 Å². The molecule has 0 saturated carbocycles. The fraction of sp³-hybridized carbons (Fsp3) is 0.278. The van der Waals surface area contributed by atoms with Gasteiger partial charge in [0.15, 0.2) is 0 Å². The minimum absolute atomic E-state index is 0.360. The normalized spacial score (nSPS) is 20.7. The summed E-state index contributed by atoms with van der Waals surface area (Å²) in [7, 11) is 0. The van der Waals surface area contributed by atoms with Gasteiger partial charge in [0.1, 0.15) is 5.82 Å². The van der Waals surface area contributed by atoms with E-state index in [1.165, 1.54) is 36.4 Å². The van der Waals surface area contributed by atoms with Crippen LogP contribution in [0.25, 0.3) is 0 Å². The average molecular weight is 353 g/mol. The van der Waals surface area contributed by atoms with Gasteiger partial charge in [0.05, 0.1) is 17.5 Å². The van der Waals surface area contributed by atoms with E-state index in [9.17, 15) is 27.5 Å². The number of nitrogens with zero attached hydrogens (tertiary/aromatic N) is 1. The van der Waals surface area contributed by atoms with Gasteiger partial charge in [-0.2, -0.15) is 13.2 Å².